The van der Waals surface area contributed by atoms with E-state index in [4.69, 9.17) is 3.90 Å². The third kappa shape index (κ3) is 9.75. The average Bonchev–Trinajstić information content (AvgIpc) is 1.00. The van der Waals surface area contributed by atoms with Crippen LogP contribution in [-0.2, 0) is 19.3 Å². The molecule has 0 amide bonds. The Morgan fingerprint density at radius 2 is 1.00 bits per heavy atom. The Bertz CT molecular complexity index is 6.00. The van der Waals surface area contributed by atoms with Crippen LogP contribution in [0.2, 0.25) is 0 Å². The molecule has 0 saturated carbocycles. The second-order valence-electron chi connectivity index (χ2n) is 0. The topological polar surface area (TPSA) is 17.1 Å². The number of rotatable bonds is 0. The van der Waals surface area contributed by atoms with Crippen molar-refractivity contribution < 1.29 is 19.3 Å². The summed E-state index contributed by atoms with van der Waals surface area (Å²) in [6, 6.07) is 0. The van der Waals surface area contributed by atoms with E-state index >= 15 is 0 Å². The van der Waals surface area contributed by atoms with E-state index in [1.54, 1.807) is 0 Å². The molecule has 0 rings (SSSR count). The van der Waals surface area contributed by atoms with Gasteiger partial charge in [0.05, 0.1) is 0 Å². The van der Waals surface area contributed by atoms with Gasteiger partial charge < -0.3 is 0 Å². The van der Waals surface area contributed by atoms with Gasteiger partial charge in [-0.3, -0.25) is 0 Å². The summed E-state index contributed by atoms with van der Waals surface area (Å²) in [5.41, 5.74) is 0. The first-order valence-electron chi connectivity index (χ1n) is 0.129. The Morgan fingerprint density at radius 1 is 1.00 bits per heavy atom. The standard InChI is InChI=1S/2Li.Ni.O.2H. The molecule has 0 N–H and O–H groups in total. The Balaban J connectivity index is -0.00000000500. The minimum absolute atomic E-state index is 0. The molecule has 0 saturated heterocycles. The van der Waals surface area contributed by atoms with Crippen molar-refractivity contribution in [3.8, 4) is 0 Å². The van der Waals surface area contributed by atoms with Crippen LogP contribution < -0.4 is 0 Å². The molecular formula is H2Li2NiO. The molecular weight excluding hydrogens is 88.6 g/mol. The molecule has 0 bridgehead atoms. The molecule has 4 heavy (non-hydrogen) atoms. The van der Waals surface area contributed by atoms with E-state index in [9.17, 15) is 0 Å². The van der Waals surface area contributed by atoms with Gasteiger partial charge in [0.1, 0.15) is 0 Å². The first-order chi connectivity index (χ1) is 1.00. The fourth-order valence-electron chi connectivity index (χ4n) is 0. The molecule has 0 fully saturated rings. The predicted molar refractivity (Wildman–Crippen MR) is 15.0 cm³/mol. The van der Waals surface area contributed by atoms with Gasteiger partial charge in [-0.25, -0.2) is 0 Å². The molecule has 0 heterocycles. The first kappa shape index (κ1) is 17.9. The van der Waals surface area contributed by atoms with Gasteiger partial charge in [0.15, 0.2) is 0 Å². The predicted octanol–water partition coefficient (Wildman–Crippen LogP) is -1.42. The minimum atomic E-state index is 0. The summed E-state index contributed by atoms with van der Waals surface area (Å²) in [5, 5.41) is 0. The fraction of sp³-hybridized carbons (Fsp3) is 0. The van der Waals surface area contributed by atoms with Gasteiger partial charge in [-0.05, 0) is 0 Å². The van der Waals surface area contributed by atoms with Crippen molar-refractivity contribution in [3.05, 3.63) is 0 Å². The quantitative estimate of drug-likeness (QED) is 0.334. The molecule has 0 aromatic rings. The summed E-state index contributed by atoms with van der Waals surface area (Å²) in [7, 11) is 0. The summed E-state index contributed by atoms with van der Waals surface area (Å²) < 4.78 is 7.88. The fourth-order valence-corrected chi connectivity index (χ4v) is 0. The van der Waals surface area contributed by atoms with Crippen LogP contribution in [0.4, 0.5) is 0 Å². The molecule has 0 aromatic heterocycles. The van der Waals surface area contributed by atoms with Gasteiger partial charge in [-0.2, -0.15) is 0 Å². The monoisotopic (exact) mass is 90.0 g/mol. The van der Waals surface area contributed by atoms with E-state index in [0.717, 1.165) is 0 Å². The van der Waals surface area contributed by atoms with Crippen LogP contribution in [0.5, 0.6) is 0 Å². The van der Waals surface area contributed by atoms with E-state index in [-0.39, 0.29) is 37.7 Å². The maximum absolute atomic E-state index is 7.88. The van der Waals surface area contributed by atoms with Gasteiger partial charge in [-0.1, -0.05) is 0 Å². The van der Waals surface area contributed by atoms with Crippen LogP contribution in [-0.4, -0.2) is 37.7 Å². The SMILES string of the molecule is [LiH].[LiH].[O]=[Ni]. The second-order valence-corrected chi connectivity index (χ2v) is 0. The summed E-state index contributed by atoms with van der Waals surface area (Å²) in [6.07, 6.45) is 0. The zero-order chi connectivity index (χ0) is 2.00. The van der Waals surface area contributed by atoms with Crippen LogP contribution in [0.25, 0.3) is 0 Å². The number of hydrogen-bond donors (Lipinski definition) is 0. The summed E-state index contributed by atoms with van der Waals surface area (Å²) >= 11 is 2.62. The van der Waals surface area contributed by atoms with Gasteiger partial charge in [-0.15, -0.1) is 0 Å². The zero-order valence-electron chi connectivity index (χ0n) is 0.724. The van der Waals surface area contributed by atoms with E-state index in [1.807, 2.05) is 0 Å². The van der Waals surface area contributed by atoms with Gasteiger partial charge in [0.2, 0.25) is 0 Å². The molecule has 0 aliphatic heterocycles. The van der Waals surface area contributed by atoms with E-state index in [0.29, 0.717) is 0 Å². The van der Waals surface area contributed by atoms with Gasteiger partial charge >= 0.3 is 57.0 Å². The average molecular weight is 90.6 g/mol. The van der Waals surface area contributed by atoms with Crippen molar-refractivity contribution in [2.24, 2.45) is 0 Å². The Morgan fingerprint density at radius 3 is 1.00 bits per heavy atom. The zero-order valence-corrected chi connectivity index (χ0v) is 1.71. The van der Waals surface area contributed by atoms with E-state index in [2.05, 4.69) is 15.4 Å². The van der Waals surface area contributed by atoms with Gasteiger partial charge in [0, 0.05) is 0 Å². The van der Waals surface area contributed by atoms with Crippen molar-refractivity contribution in [2.75, 3.05) is 0 Å². The van der Waals surface area contributed by atoms with Crippen molar-refractivity contribution in [1.29, 1.82) is 0 Å². The van der Waals surface area contributed by atoms with Crippen LogP contribution in [0.1, 0.15) is 0 Å². The molecule has 4 heteroatoms. The van der Waals surface area contributed by atoms with Crippen molar-refractivity contribution in [2.45, 2.75) is 0 Å². The van der Waals surface area contributed by atoms with Crippen molar-refractivity contribution in [3.63, 3.8) is 0 Å². The first-order valence-corrected chi connectivity index (χ1v) is 0.532. The third-order valence-electron chi connectivity index (χ3n) is 0. The molecule has 0 aromatic carbocycles. The summed E-state index contributed by atoms with van der Waals surface area (Å²) in [5.74, 6) is 0. The van der Waals surface area contributed by atoms with Crippen LogP contribution in [0.15, 0.2) is 0 Å². The molecule has 0 atom stereocenters. The normalized spacial score (nSPS) is 1.50. The van der Waals surface area contributed by atoms with Crippen LogP contribution in [0, 0.1) is 0 Å². The Kier molecular flexibility index (Phi) is 110. The maximum atomic E-state index is 7.88. The molecule has 0 unspecified atom stereocenters. The van der Waals surface area contributed by atoms with Crippen molar-refractivity contribution >= 4 is 37.7 Å². The molecule has 0 radical (unpaired) electrons. The summed E-state index contributed by atoms with van der Waals surface area (Å²) in [4.78, 5) is 0. The third-order valence-corrected chi connectivity index (χ3v) is 0. The van der Waals surface area contributed by atoms with Crippen LogP contribution in [0.3, 0.4) is 0 Å². The van der Waals surface area contributed by atoms with Crippen molar-refractivity contribution in [1.82, 2.24) is 0 Å². The second kappa shape index (κ2) is 24.7. The number of hydrogen-bond acceptors (Lipinski definition) is 1. The van der Waals surface area contributed by atoms with E-state index < -0.39 is 0 Å². The van der Waals surface area contributed by atoms with E-state index in [1.165, 1.54) is 0 Å². The molecule has 0 aliphatic carbocycles. The summed E-state index contributed by atoms with van der Waals surface area (Å²) in [6.45, 7) is 0. The molecule has 0 spiro atoms. The Hall–Kier alpha value is 1.49. The Labute approximate surface area is 56.8 Å². The molecule has 20 valence electrons. The van der Waals surface area contributed by atoms with Gasteiger partial charge in [0.25, 0.3) is 0 Å². The van der Waals surface area contributed by atoms with Crippen LogP contribution >= 0.6 is 0 Å². The molecule has 1 nitrogen and oxygen atoms in total. The molecule has 0 aliphatic rings.